The molecule has 2 aromatic rings. The molecule has 130 valence electrons. The van der Waals surface area contributed by atoms with Crippen LogP contribution in [0.1, 0.15) is 40.9 Å². The Labute approximate surface area is 142 Å². The van der Waals surface area contributed by atoms with Crippen LogP contribution in [0.2, 0.25) is 0 Å². The van der Waals surface area contributed by atoms with E-state index in [9.17, 15) is 14.4 Å². The average Bonchev–Trinajstić information content (AvgIpc) is 2.89. The van der Waals surface area contributed by atoms with Gasteiger partial charge < -0.3 is 15.0 Å². The Morgan fingerprint density at radius 3 is 2.75 bits per heavy atom. The SMILES string of the molecule is CCOC(=O)c1sc2nc([C@H](C)NCC(=O)NC)[nH]c(=O)c2c1C. The molecule has 0 aliphatic rings. The summed E-state index contributed by atoms with van der Waals surface area (Å²) in [6, 6.07) is -0.326. The number of nitrogens with zero attached hydrogens (tertiary/aromatic N) is 1. The zero-order valence-corrected chi connectivity index (χ0v) is 14.8. The molecule has 0 radical (unpaired) electrons. The Balaban J connectivity index is 2.37. The van der Waals surface area contributed by atoms with E-state index in [1.165, 1.54) is 0 Å². The minimum absolute atomic E-state index is 0.108. The lowest BCUT2D eigenvalue weighted by molar-refractivity contribution is -0.119. The Hall–Kier alpha value is -2.26. The first-order valence-electron chi connectivity index (χ1n) is 7.53. The standard InChI is InChI=1S/C15H20N4O4S/c1-5-23-15(22)11-7(2)10-13(21)18-12(19-14(10)24-11)8(3)17-6-9(20)16-4/h8,17H,5-6H2,1-4H3,(H,16,20)(H,18,19,21)/t8-/m0/s1. The second-order valence-corrected chi connectivity index (χ2v) is 6.18. The number of aryl methyl sites for hydroxylation is 1. The average molecular weight is 352 g/mol. The molecule has 0 saturated heterocycles. The second kappa shape index (κ2) is 7.54. The minimum atomic E-state index is -0.454. The Kier molecular flexibility index (Phi) is 5.68. The number of hydrogen-bond acceptors (Lipinski definition) is 7. The van der Waals surface area contributed by atoms with Gasteiger partial charge in [0.05, 0.1) is 24.6 Å². The number of esters is 1. The molecule has 24 heavy (non-hydrogen) atoms. The van der Waals surface area contributed by atoms with E-state index >= 15 is 0 Å². The van der Waals surface area contributed by atoms with Crippen LogP contribution >= 0.6 is 11.3 Å². The van der Waals surface area contributed by atoms with Crippen molar-refractivity contribution < 1.29 is 14.3 Å². The molecular weight excluding hydrogens is 332 g/mol. The van der Waals surface area contributed by atoms with Gasteiger partial charge in [-0.15, -0.1) is 11.3 Å². The maximum atomic E-state index is 12.4. The van der Waals surface area contributed by atoms with Crippen molar-refractivity contribution in [3.05, 3.63) is 26.6 Å². The predicted octanol–water partition coefficient (Wildman–Crippen LogP) is 0.866. The number of thiophene rings is 1. The molecule has 0 aliphatic carbocycles. The van der Waals surface area contributed by atoms with Gasteiger partial charge in [0.15, 0.2) is 0 Å². The van der Waals surface area contributed by atoms with E-state index in [4.69, 9.17) is 4.74 Å². The lowest BCUT2D eigenvalue weighted by atomic mass is 10.2. The van der Waals surface area contributed by atoms with Crippen LogP contribution in [0, 0.1) is 6.92 Å². The van der Waals surface area contributed by atoms with Crippen LogP contribution in [0.3, 0.4) is 0 Å². The van der Waals surface area contributed by atoms with Crippen molar-refractivity contribution in [1.82, 2.24) is 20.6 Å². The number of aromatic amines is 1. The first kappa shape index (κ1) is 18.1. The maximum Gasteiger partial charge on any atom is 0.348 e. The highest BCUT2D eigenvalue weighted by Crippen LogP contribution is 2.28. The summed E-state index contributed by atoms with van der Waals surface area (Å²) in [6.07, 6.45) is 0. The number of carbonyl (C=O) groups excluding carboxylic acids is 2. The molecule has 0 bridgehead atoms. The summed E-state index contributed by atoms with van der Waals surface area (Å²) in [5.41, 5.74) is 0.257. The molecule has 1 amide bonds. The Morgan fingerprint density at radius 1 is 1.42 bits per heavy atom. The molecule has 2 heterocycles. The lowest BCUT2D eigenvalue weighted by Crippen LogP contribution is -2.34. The van der Waals surface area contributed by atoms with Crippen LogP contribution in [0.5, 0.6) is 0 Å². The van der Waals surface area contributed by atoms with E-state index in [1.807, 2.05) is 0 Å². The number of rotatable bonds is 6. The number of likely N-dealkylation sites (N-methyl/N-ethyl adjacent to an activating group) is 1. The minimum Gasteiger partial charge on any atom is -0.462 e. The van der Waals surface area contributed by atoms with Crippen molar-refractivity contribution in [2.75, 3.05) is 20.2 Å². The first-order valence-corrected chi connectivity index (χ1v) is 8.35. The number of H-pyrrole nitrogens is 1. The largest absolute Gasteiger partial charge is 0.462 e. The number of amides is 1. The van der Waals surface area contributed by atoms with Gasteiger partial charge in [0.2, 0.25) is 5.91 Å². The number of ether oxygens (including phenoxy) is 1. The summed E-state index contributed by atoms with van der Waals surface area (Å²) in [5, 5.41) is 5.87. The van der Waals surface area contributed by atoms with Gasteiger partial charge >= 0.3 is 5.97 Å². The fraction of sp³-hybridized carbons (Fsp3) is 0.467. The topological polar surface area (TPSA) is 113 Å². The highest BCUT2D eigenvalue weighted by atomic mass is 32.1. The molecule has 0 saturated carbocycles. The van der Waals surface area contributed by atoms with Crippen molar-refractivity contribution in [3.8, 4) is 0 Å². The molecule has 8 nitrogen and oxygen atoms in total. The molecule has 1 atom stereocenters. The zero-order chi connectivity index (χ0) is 17.9. The van der Waals surface area contributed by atoms with Gasteiger partial charge in [0.25, 0.3) is 5.56 Å². The summed E-state index contributed by atoms with van der Waals surface area (Å²) in [5.74, 6) is -0.209. The van der Waals surface area contributed by atoms with Crippen LogP contribution in [0.15, 0.2) is 4.79 Å². The van der Waals surface area contributed by atoms with E-state index in [2.05, 4.69) is 20.6 Å². The molecule has 2 aromatic heterocycles. The van der Waals surface area contributed by atoms with Gasteiger partial charge in [-0.05, 0) is 26.3 Å². The van der Waals surface area contributed by atoms with Crippen LogP contribution < -0.4 is 16.2 Å². The molecule has 0 unspecified atom stereocenters. The normalized spacial score (nSPS) is 12.2. The zero-order valence-electron chi connectivity index (χ0n) is 14.0. The fourth-order valence-corrected chi connectivity index (χ4v) is 3.27. The van der Waals surface area contributed by atoms with Crippen molar-refractivity contribution in [1.29, 1.82) is 0 Å². The van der Waals surface area contributed by atoms with Crippen molar-refractivity contribution in [2.24, 2.45) is 0 Å². The highest BCUT2D eigenvalue weighted by molar-refractivity contribution is 7.20. The van der Waals surface area contributed by atoms with Gasteiger partial charge in [-0.1, -0.05) is 0 Å². The monoisotopic (exact) mass is 352 g/mol. The van der Waals surface area contributed by atoms with Gasteiger partial charge in [-0.3, -0.25) is 14.9 Å². The molecule has 2 rings (SSSR count). The molecule has 0 aliphatic heterocycles. The predicted molar refractivity (Wildman–Crippen MR) is 91.4 cm³/mol. The van der Waals surface area contributed by atoms with Gasteiger partial charge in [0.1, 0.15) is 15.5 Å². The van der Waals surface area contributed by atoms with Crippen molar-refractivity contribution >= 4 is 33.4 Å². The van der Waals surface area contributed by atoms with Crippen LogP contribution in [-0.4, -0.2) is 42.0 Å². The third kappa shape index (κ3) is 3.62. The Morgan fingerprint density at radius 2 is 2.12 bits per heavy atom. The summed E-state index contributed by atoms with van der Waals surface area (Å²) in [4.78, 5) is 43.6. The van der Waals surface area contributed by atoms with E-state index < -0.39 is 5.97 Å². The third-order valence-corrected chi connectivity index (χ3v) is 4.70. The summed E-state index contributed by atoms with van der Waals surface area (Å²) in [7, 11) is 1.55. The second-order valence-electron chi connectivity index (χ2n) is 5.18. The van der Waals surface area contributed by atoms with Crippen molar-refractivity contribution in [2.45, 2.75) is 26.8 Å². The van der Waals surface area contributed by atoms with Crippen LogP contribution in [0.25, 0.3) is 10.2 Å². The van der Waals surface area contributed by atoms with E-state index in [0.717, 1.165) is 11.3 Å². The van der Waals surface area contributed by atoms with Gasteiger partial charge in [-0.25, -0.2) is 9.78 Å². The summed E-state index contributed by atoms with van der Waals surface area (Å²) < 4.78 is 5.01. The highest BCUT2D eigenvalue weighted by Gasteiger charge is 2.21. The van der Waals surface area contributed by atoms with Gasteiger partial charge in [-0.2, -0.15) is 0 Å². The third-order valence-electron chi connectivity index (χ3n) is 3.54. The van der Waals surface area contributed by atoms with Crippen LogP contribution in [-0.2, 0) is 9.53 Å². The maximum absolute atomic E-state index is 12.4. The number of hydrogen-bond donors (Lipinski definition) is 3. The van der Waals surface area contributed by atoms with E-state index in [0.29, 0.717) is 26.5 Å². The summed E-state index contributed by atoms with van der Waals surface area (Å²) >= 11 is 1.13. The van der Waals surface area contributed by atoms with E-state index in [1.54, 1.807) is 27.8 Å². The molecule has 0 fully saturated rings. The first-order chi connectivity index (χ1) is 11.4. The molecule has 9 heteroatoms. The molecule has 0 aromatic carbocycles. The number of fused-ring (bicyclic) bond motifs is 1. The fourth-order valence-electron chi connectivity index (χ4n) is 2.19. The smallest absolute Gasteiger partial charge is 0.348 e. The summed E-state index contributed by atoms with van der Waals surface area (Å²) in [6.45, 7) is 5.59. The van der Waals surface area contributed by atoms with Crippen molar-refractivity contribution in [3.63, 3.8) is 0 Å². The van der Waals surface area contributed by atoms with E-state index in [-0.39, 0.29) is 30.7 Å². The van der Waals surface area contributed by atoms with Crippen LogP contribution in [0.4, 0.5) is 0 Å². The quantitative estimate of drug-likeness (QED) is 0.665. The van der Waals surface area contributed by atoms with Gasteiger partial charge in [0, 0.05) is 7.05 Å². The Bertz CT molecular complexity index is 827. The molecule has 3 N–H and O–H groups in total. The number of aromatic nitrogens is 2. The lowest BCUT2D eigenvalue weighted by Gasteiger charge is -2.12. The number of carbonyl (C=O) groups is 2. The number of nitrogens with one attached hydrogen (secondary N) is 3. The molecular formula is C15H20N4O4S. The molecule has 0 spiro atoms.